The molecule has 15 rings (SSSR count). The Labute approximate surface area is 575 Å². The average molecular weight is 1260 g/mol. The summed E-state index contributed by atoms with van der Waals surface area (Å²) in [5, 5.41) is 0. The Morgan fingerprint density at radius 2 is 0.388 bits per heavy atom. The van der Waals surface area contributed by atoms with Crippen molar-refractivity contribution in [3.05, 3.63) is 423 Å². The SMILES string of the molecule is C1=CC(N(c2ccccc2)c2ccc(N(c3ccc(C(=Nc4ccccc4)c4ccc(N(c5ccc(N(c6ccccc6)c6ccccc6)cc5)c5ccc(N(c6ccccc6)c6ccccc6)cc5)cc4)cc3)c3ccc(N(c4ccccc4)c4ccccc4)cc3)cc2)=CCC1. The number of aliphatic imine (C=N–C) groups is 1. The van der Waals surface area contributed by atoms with Crippen molar-refractivity contribution in [3.63, 3.8) is 0 Å². The van der Waals surface area contributed by atoms with Gasteiger partial charge in [0.05, 0.1) is 11.4 Å². The standard InChI is InChI=1S/C91H71N7/c1-10-28-72(29-11-1)92-91(70-46-50-81(51-47-70)97(87-62-54-83(55-63-87)93(73-30-12-2-13-31-73)74-32-14-3-15-33-74)88-64-56-84(57-65-88)94(75-34-16-4-17-35-75)76-36-18-5-19-37-76)71-48-52-82(53-49-71)98(89-66-58-85(59-67-89)95(77-38-20-6-21-39-77)78-40-22-7-23-41-78)90-68-60-86(61-69-90)96(79-42-24-8-25-43-79)80-44-26-9-27-45-80/h1-8,10-26,28-69H,9,27H2. The monoisotopic (exact) mass is 1260 g/mol. The first kappa shape index (κ1) is 61.2. The fraction of sp³-hybridized carbons (Fsp3) is 0.0220. The summed E-state index contributed by atoms with van der Waals surface area (Å²) in [5.74, 6) is 0. The molecule has 7 nitrogen and oxygen atoms in total. The molecule has 0 N–H and O–H groups in total. The lowest BCUT2D eigenvalue weighted by Crippen LogP contribution is -2.16. The quantitative estimate of drug-likeness (QED) is 0.0667. The smallest absolute Gasteiger partial charge is 0.0781 e. The van der Waals surface area contributed by atoms with Crippen LogP contribution in [0.25, 0.3) is 0 Å². The molecule has 470 valence electrons. The number of hydrogen-bond donors (Lipinski definition) is 0. The number of rotatable bonds is 21. The molecule has 0 bridgehead atoms. The van der Waals surface area contributed by atoms with Gasteiger partial charge in [-0.3, -0.25) is 0 Å². The van der Waals surface area contributed by atoms with Crippen LogP contribution in [0.15, 0.2) is 417 Å². The van der Waals surface area contributed by atoms with Crippen LogP contribution in [0.1, 0.15) is 24.0 Å². The second-order valence-electron chi connectivity index (χ2n) is 23.9. The van der Waals surface area contributed by atoms with Gasteiger partial charge in [-0.2, -0.15) is 0 Å². The second kappa shape index (κ2) is 29.1. The van der Waals surface area contributed by atoms with Gasteiger partial charge >= 0.3 is 0 Å². The van der Waals surface area contributed by atoms with Gasteiger partial charge in [-0.25, -0.2) is 4.99 Å². The molecule has 14 aromatic rings. The predicted molar refractivity (Wildman–Crippen MR) is 413 cm³/mol. The van der Waals surface area contributed by atoms with Gasteiger partial charge in [0, 0.05) is 114 Å². The van der Waals surface area contributed by atoms with Gasteiger partial charge in [-0.1, -0.05) is 182 Å². The minimum Gasteiger partial charge on any atom is -0.311 e. The number of allylic oxidation sites excluding steroid dienone is 3. The van der Waals surface area contributed by atoms with E-state index in [0.29, 0.717) is 0 Å². The third-order valence-corrected chi connectivity index (χ3v) is 17.6. The molecule has 1 aliphatic carbocycles. The highest BCUT2D eigenvalue weighted by Gasteiger charge is 2.23. The summed E-state index contributed by atoms with van der Waals surface area (Å²) in [7, 11) is 0. The van der Waals surface area contributed by atoms with E-state index < -0.39 is 0 Å². The Hall–Kier alpha value is -13.0. The van der Waals surface area contributed by atoms with Crippen LogP contribution in [-0.2, 0) is 0 Å². The van der Waals surface area contributed by atoms with Crippen molar-refractivity contribution >= 4 is 108 Å². The van der Waals surface area contributed by atoms with Gasteiger partial charge in [0.2, 0.25) is 0 Å². The molecule has 7 heteroatoms. The summed E-state index contributed by atoms with van der Waals surface area (Å²) < 4.78 is 0. The summed E-state index contributed by atoms with van der Waals surface area (Å²) in [6, 6.07) is 138. The molecule has 0 aromatic heterocycles. The number of hydrogen-bond acceptors (Lipinski definition) is 7. The first-order valence-corrected chi connectivity index (χ1v) is 33.4. The molecule has 0 heterocycles. The van der Waals surface area contributed by atoms with Crippen molar-refractivity contribution in [1.29, 1.82) is 0 Å². The molecule has 0 amide bonds. The van der Waals surface area contributed by atoms with E-state index in [4.69, 9.17) is 4.99 Å². The van der Waals surface area contributed by atoms with E-state index in [2.05, 4.69) is 418 Å². The zero-order valence-electron chi connectivity index (χ0n) is 54.2. The van der Waals surface area contributed by atoms with Gasteiger partial charge < -0.3 is 29.4 Å². The summed E-state index contributed by atoms with van der Waals surface area (Å²) in [4.78, 5) is 19.4. The highest BCUT2D eigenvalue weighted by molar-refractivity contribution is 6.14. The number of nitrogens with zero attached hydrogens (tertiary/aromatic N) is 7. The first-order valence-electron chi connectivity index (χ1n) is 33.4. The van der Waals surface area contributed by atoms with Crippen molar-refractivity contribution in [2.45, 2.75) is 12.8 Å². The molecule has 0 radical (unpaired) electrons. The molecule has 0 saturated carbocycles. The minimum absolute atomic E-state index is 0.854. The van der Waals surface area contributed by atoms with E-state index in [1.807, 2.05) is 18.2 Å². The van der Waals surface area contributed by atoms with Gasteiger partial charge in [-0.05, 0) is 237 Å². The van der Waals surface area contributed by atoms with Crippen molar-refractivity contribution in [2.75, 3.05) is 29.4 Å². The molecule has 98 heavy (non-hydrogen) atoms. The summed E-state index contributed by atoms with van der Waals surface area (Å²) >= 11 is 0. The van der Waals surface area contributed by atoms with Crippen molar-refractivity contribution in [3.8, 4) is 0 Å². The van der Waals surface area contributed by atoms with Crippen molar-refractivity contribution in [2.24, 2.45) is 4.99 Å². The summed E-state index contributed by atoms with van der Waals surface area (Å²) in [5.41, 5.74) is 22.8. The highest BCUT2D eigenvalue weighted by Crippen LogP contribution is 2.44. The van der Waals surface area contributed by atoms with Gasteiger partial charge in [0.1, 0.15) is 0 Å². The Kier molecular flexibility index (Phi) is 18.2. The minimum atomic E-state index is 0.854. The molecule has 0 aliphatic heterocycles. The van der Waals surface area contributed by atoms with Crippen LogP contribution in [0.4, 0.5) is 102 Å². The normalized spacial score (nSPS) is 11.9. The molecule has 0 unspecified atom stereocenters. The average Bonchev–Trinajstić information content (AvgIpc) is 0.810. The van der Waals surface area contributed by atoms with Gasteiger partial charge in [-0.15, -0.1) is 0 Å². The molecular formula is C91H71N7. The van der Waals surface area contributed by atoms with Crippen molar-refractivity contribution in [1.82, 2.24) is 0 Å². The van der Waals surface area contributed by atoms with Crippen LogP contribution in [0.5, 0.6) is 0 Å². The topological polar surface area (TPSA) is 31.8 Å². The third-order valence-electron chi connectivity index (χ3n) is 17.6. The Balaban J connectivity index is 0.804. The lowest BCUT2D eigenvalue weighted by molar-refractivity contribution is 0.997. The van der Waals surface area contributed by atoms with E-state index in [-0.39, 0.29) is 0 Å². The first-order chi connectivity index (χ1) is 48.6. The highest BCUT2D eigenvalue weighted by atomic mass is 15.2. The maximum absolute atomic E-state index is 5.46. The maximum atomic E-state index is 5.46. The maximum Gasteiger partial charge on any atom is 0.0781 e. The third kappa shape index (κ3) is 13.6. The van der Waals surface area contributed by atoms with E-state index in [1.54, 1.807) is 0 Å². The lowest BCUT2D eigenvalue weighted by atomic mass is 10.0. The molecule has 0 spiro atoms. The molecular weight excluding hydrogens is 1190 g/mol. The molecule has 0 atom stereocenters. The fourth-order valence-corrected chi connectivity index (χ4v) is 13.0. The van der Waals surface area contributed by atoms with Gasteiger partial charge in [0.25, 0.3) is 0 Å². The summed E-state index contributed by atoms with van der Waals surface area (Å²) in [6.07, 6.45) is 8.89. The van der Waals surface area contributed by atoms with Crippen LogP contribution in [-0.4, -0.2) is 5.71 Å². The van der Waals surface area contributed by atoms with Gasteiger partial charge in [0.15, 0.2) is 0 Å². The molecule has 14 aromatic carbocycles. The largest absolute Gasteiger partial charge is 0.311 e. The van der Waals surface area contributed by atoms with E-state index >= 15 is 0 Å². The number of benzene rings is 14. The summed E-state index contributed by atoms with van der Waals surface area (Å²) in [6.45, 7) is 0. The zero-order chi connectivity index (χ0) is 65.7. The van der Waals surface area contributed by atoms with E-state index in [1.165, 1.54) is 5.70 Å². The van der Waals surface area contributed by atoms with Crippen LogP contribution < -0.4 is 29.4 Å². The van der Waals surface area contributed by atoms with Crippen molar-refractivity contribution < 1.29 is 0 Å². The fourth-order valence-electron chi connectivity index (χ4n) is 13.0. The Morgan fingerprint density at radius 3 is 0.612 bits per heavy atom. The molecule has 0 saturated heterocycles. The van der Waals surface area contributed by atoms with Crippen LogP contribution in [0, 0.1) is 0 Å². The van der Waals surface area contributed by atoms with E-state index in [0.717, 1.165) is 132 Å². The zero-order valence-corrected chi connectivity index (χ0v) is 54.2. The van der Waals surface area contributed by atoms with Crippen LogP contribution in [0.2, 0.25) is 0 Å². The lowest BCUT2D eigenvalue weighted by Gasteiger charge is -2.30. The Morgan fingerprint density at radius 1 is 0.194 bits per heavy atom. The van der Waals surface area contributed by atoms with E-state index in [9.17, 15) is 0 Å². The molecule has 0 fully saturated rings. The second-order valence-corrected chi connectivity index (χ2v) is 23.9. The number of para-hydroxylation sites is 8. The predicted octanol–water partition coefficient (Wildman–Crippen LogP) is 25.6. The molecule has 1 aliphatic rings. The number of anilines is 17. The Bertz CT molecular complexity index is 4700. The van der Waals surface area contributed by atoms with Crippen LogP contribution in [0.3, 0.4) is 0 Å². The van der Waals surface area contributed by atoms with Crippen LogP contribution >= 0.6 is 0 Å².